The molecule has 0 unspecified atom stereocenters. The van der Waals surface area contributed by atoms with E-state index in [1.165, 1.54) is 0 Å². The Morgan fingerprint density at radius 1 is 0.268 bits per heavy atom. The monoisotopic (exact) mass is 1300 g/mol. The van der Waals surface area contributed by atoms with E-state index in [0.717, 1.165) is 146 Å². The number of ether oxygens (including phenoxy) is 8. The van der Waals surface area contributed by atoms with Gasteiger partial charge >= 0.3 is 18.9 Å². The number of rotatable bonds is 32. The number of unbranched alkanes of at least 4 members (excludes halogenated alkanes) is 8. The number of benzene rings is 8. The first-order valence-corrected chi connectivity index (χ1v) is 35.5. The van der Waals surface area contributed by atoms with Crippen LogP contribution in [-0.4, -0.2) is 87.7 Å². The molecule has 0 aliphatic carbocycles. The summed E-state index contributed by atoms with van der Waals surface area (Å²) in [5.41, 5.74) is 4.01. The number of aromatic amines is 1. The molecule has 16 nitrogen and oxygen atoms in total. The van der Waals surface area contributed by atoms with E-state index >= 15 is 0 Å². The normalized spacial score (nSPS) is 11.8. The number of nitrogens with zero attached hydrogens (tertiary/aromatic N) is 7. The van der Waals surface area contributed by atoms with E-state index < -0.39 is 0 Å². The fourth-order valence-corrected chi connectivity index (χ4v) is 12.9. The maximum Gasteiger partial charge on any atom is 1.00 e. The van der Waals surface area contributed by atoms with Gasteiger partial charge in [-0.3, -0.25) is 0 Å². The molecule has 97 heavy (non-hydrogen) atoms. The van der Waals surface area contributed by atoms with Gasteiger partial charge in [-0.25, -0.2) is 19.9 Å². The molecule has 1 N–H and O–H groups in total. The Balaban J connectivity index is 0.00000897. The first-order valence-electron chi connectivity index (χ1n) is 35.5. The fourth-order valence-electron chi connectivity index (χ4n) is 12.9. The van der Waals surface area contributed by atoms with Gasteiger partial charge in [0.2, 0.25) is 0 Å². The van der Waals surface area contributed by atoms with Gasteiger partial charge in [0, 0.05) is 65.2 Å². The summed E-state index contributed by atoms with van der Waals surface area (Å²) in [5, 5.41) is 9.46. The predicted molar refractivity (Wildman–Crippen MR) is 388 cm³/mol. The molecular weight excluding hydrogens is 1210 g/mol. The molecule has 0 amide bonds. The molecule has 0 spiro atoms. The summed E-state index contributed by atoms with van der Waals surface area (Å²) in [7, 11) is 0. The van der Waals surface area contributed by atoms with E-state index in [4.69, 9.17) is 72.8 Å². The zero-order chi connectivity index (χ0) is 66.1. The second-order valence-electron chi connectivity index (χ2n) is 25.0. The number of fused-ring (bicyclic) bond motifs is 24. The largest absolute Gasteiger partial charge is 1.00 e. The number of hydrogen-bond acceptors (Lipinski definition) is 14. The van der Waals surface area contributed by atoms with E-state index in [2.05, 4.69) is 109 Å². The zero-order valence-electron chi connectivity index (χ0n) is 58.1. The molecule has 0 saturated carbocycles. The number of nitrogens with one attached hydrogen (secondary N) is 1. The van der Waals surface area contributed by atoms with Crippen molar-refractivity contribution in [3.63, 3.8) is 0 Å². The summed E-state index contributed by atoms with van der Waals surface area (Å²) in [5.74, 6) is 6.28. The van der Waals surface area contributed by atoms with E-state index in [1.54, 1.807) is 0 Å². The molecule has 8 bridgehead atoms. The minimum Gasteiger partial charge on any atom is -0.492 e. The van der Waals surface area contributed by atoms with Crippen LogP contribution in [0.15, 0.2) is 97.1 Å². The fraction of sp³-hybridized carbons (Fsp3) is 0.400. The standard InChI is InChI=1S/C80H89N8O8.Li/c1-9-17-41-89-65-49-33-25-26-34-50(49)66(90-42-18-10-2)58-57(65)73-81-74(58)86-76-61-62(70(94-46-22-14-6)54-38-30-29-37-53(54)69(61)93-45-21-13-5)78(83-76)88-80-64-63(71(95-47-23-15-7)55-39-31-32-40-56(55)72(64)96-48-24-16-8)79(84-80)87-77-60-59(75(82-77)85-73)67(91-43-19-11-3)51-35-27-28-36-52(51)68(60)92-44-20-12-4;/h25-40H,9-24,41-48H2,1-8H3,(H-,81,82,83,84,85,86,87,88);/q-1;+1. The molecule has 0 radical (unpaired) electrons. The summed E-state index contributed by atoms with van der Waals surface area (Å²) in [4.78, 5) is 44.1. The van der Waals surface area contributed by atoms with Crippen LogP contribution in [0.3, 0.4) is 0 Å². The van der Waals surface area contributed by atoms with Crippen molar-refractivity contribution in [2.24, 2.45) is 0 Å². The van der Waals surface area contributed by atoms with E-state index in [-0.39, 0.29) is 18.9 Å². The first kappa shape index (κ1) is 68.1. The van der Waals surface area contributed by atoms with Gasteiger partial charge in [0.1, 0.15) is 57.3 Å². The minimum atomic E-state index is 0. The number of aromatic nitrogens is 8. The molecular formula is C80H89LiN8O8. The first-order chi connectivity index (χ1) is 47.4. The second kappa shape index (κ2) is 31.6. The van der Waals surface area contributed by atoms with Crippen molar-refractivity contribution in [3.05, 3.63) is 97.1 Å². The number of H-pyrrole nitrogens is 1. The van der Waals surface area contributed by atoms with Crippen molar-refractivity contribution >= 4 is 87.2 Å². The molecule has 0 atom stereocenters. The minimum absolute atomic E-state index is 0. The molecule has 498 valence electrons. The smallest absolute Gasteiger partial charge is 0.492 e. The third kappa shape index (κ3) is 13.2. The third-order valence-corrected chi connectivity index (χ3v) is 18.0. The molecule has 8 aromatic carbocycles. The maximum atomic E-state index is 7.15. The Morgan fingerprint density at radius 3 is 0.711 bits per heavy atom. The summed E-state index contributed by atoms with van der Waals surface area (Å²) in [6.45, 7) is 20.9. The molecule has 0 fully saturated rings. The van der Waals surface area contributed by atoms with Crippen LogP contribution < -0.4 is 61.7 Å². The van der Waals surface area contributed by atoms with Crippen LogP contribution in [0, 0.1) is 0 Å². The maximum absolute atomic E-state index is 7.15. The van der Waals surface area contributed by atoms with Gasteiger partial charge in [-0.15, -0.1) is 0 Å². The summed E-state index contributed by atoms with van der Waals surface area (Å²) in [6.07, 6.45) is 13.9. The zero-order valence-corrected chi connectivity index (χ0v) is 58.1. The van der Waals surface area contributed by atoms with Crippen LogP contribution in [0.1, 0.15) is 158 Å². The van der Waals surface area contributed by atoms with Gasteiger partial charge in [0.05, 0.1) is 97.5 Å². The van der Waals surface area contributed by atoms with Crippen LogP contribution in [0.25, 0.3) is 133 Å². The van der Waals surface area contributed by atoms with Gasteiger partial charge in [-0.1, -0.05) is 204 Å². The molecule has 5 heterocycles. The second-order valence-corrected chi connectivity index (χ2v) is 25.0. The Morgan fingerprint density at radius 2 is 0.474 bits per heavy atom. The van der Waals surface area contributed by atoms with Crippen LogP contribution in [-0.2, 0) is 0 Å². The Kier molecular flexibility index (Phi) is 22.2. The Hall–Kier alpha value is -8.84. The van der Waals surface area contributed by atoms with Crippen molar-refractivity contribution in [2.75, 3.05) is 52.9 Å². The van der Waals surface area contributed by atoms with E-state index in [9.17, 15) is 0 Å². The van der Waals surface area contributed by atoms with Crippen molar-refractivity contribution < 1.29 is 56.8 Å². The van der Waals surface area contributed by atoms with Crippen LogP contribution in [0.2, 0.25) is 0 Å². The van der Waals surface area contributed by atoms with Gasteiger partial charge in [0.15, 0.2) is 11.6 Å². The SMILES string of the molecule is CCCCOc1c2c(c(OCCCC)c3ccccc13)-c1nc-2nc2[n-]c(nc3nc(nc4[nH]c(n1)c1c(OCCCC)c5ccccc5c(OCCCC)c41)-c1c-3c(OCCCC)c3ccccc3c1OCCCC)c1c(OCCCC)c3ccccc3c(OCCCC)c21.[Li+]. The Bertz CT molecular complexity index is 4250. The molecule has 13 rings (SSSR count). The molecule has 2 aliphatic heterocycles. The van der Waals surface area contributed by atoms with Gasteiger partial charge in [-0.2, -0.15) is 0 Å². The quantitative estimate of drug-likeness (QED) is 0.0310. The van der Waals surface area contributed by atoms with Gasteiger partial charge in [-0.05, 0) is 51.4 Å². The molecule has 2 aliphatic rings. The van der Waals surface area contributed by atoms with Gasteiger partial charge in [0.25, 0.3) is 0 Å². The van der Waals surface area contributed by atoms with Crippen molar-refractivity contribution in [1.29, 1.82) is 0 Å². The number of hydrogen-bond donors (Lipinski definition) is 1. The van der Waals surface area contributed by atoms with Crippen molar-refractivity contribution in [3.8, 4) is 91.5 Å². The topological polar surface area (TPSA) is 181 Å². The summed E-state index contributed by atoms with van der Waals surface area (Å²) in [6, 6.07) is 33.1. The predicted octanol–water partition coefficient (Wildman–Crippen LogP) is 17.5. The average molecular weight is 1300 g/mol. The molecule has 3 aromatic heterocycles. The third-order valence-electron chi connectivity index (χ3n) is 18.0. The van der Waals surface area contributed by atoms with Gasteiger partial charge < -0.3 is 57.8 Å². The van der Waals surface area contributed by atoms with E-state index in [1.807, 2.05) is 48.5 Å². The Labute approximate surface area is 580 Å². The summed E-state index contributed by atoms with van der Waals surface area (Å²) < 4.78 is 57.1. The van der Waals surface area contributed by atoms with Crippen LogP contribution >= 0.6 is 0 Å². The van der Waals surface area contributed by atoms with Crippen molar-refractivity contribution in [1.82, 2.24) is 39.9 Å². The van der Waals surface area contributed by atoms with Crippen LogP contribution in [0.4, 0.5) is 0 Å². The molecule has 0 saturated heterocycles. The van der Waals surface area contributed by atoms with Crippen LogP contribution in [0.5, 0.6) is 46.0 Å². The van der Waals surface area contributed by atoms with E-state index in [0.29, 0.717) is 189 Å². The van der Waals surface area contributed by atoms with Crippen molar-refractivity contribution in [2.45, 2.75) is 158 Å². The molecule has 11 aromatic rings. The summed E-state index contributed by atoms with van der Waals surface area (Å²) >= 11 is 0. The molecule has 17 heteroatoms. The average Bonchev–Trinajstić information content (AvgIpc) is 1.57.